The normalized spacial score (nSPS) is 18.6. The first kappa shape index (κ1) is 14.9. The Morgan fingerprint density at radius 2 is 2.16 bits per heavy atom. The van der Waals surface area contributed by atoms with Crippen molar-refractivity contribution in [3.63, 3.8) is 0 Å². The second kappa shape index (κ2) is 7.36. The monoisotopic (exact) mass is 282 g/mol. The van der Waals surface area contributed by atoms with Crippen LogP contribution in [-0.2, 0) is 11.2 Å². The Morgan fingerprint density at radius 3 is 2.79 bits per heavy atom. The number of methoxy groups -OCH3 is 1. The van der Waals surface area contributed by atoms with Crippen LogP contribution in [0.4, 0.5) is 0 Å². The molecule has 3 nitrogen and oxygen atoms in total. The molecule has 0 unspecified atom stereocenters. The van der Waals surface area contributed by atoms with Crippen LogP contribution in [0.5, 0.6) is 0 Å². The summed E-state index contributed by atoms with van der Waals surface area (Å²) >= 11 is 1.77. The first-order valence-corrected chi connectivity index (χ1v) is 8.23. The highest BCUT2D eigenvalue weighted by molar-refractivity contribution is 7.09. The summed E-state index contributed by atoms with van der Waals surface area (Å²) in [5.41, 5.74) is 1.71. The molecule has 0 aliphatic heterocycles. The minimum absolute atomic E-state index is 0.423. The van der Waals surface area contributed by atoms with E-state index >= 15 is 0 Å². The molecule has 0 spiro atoms. The molecule has 0 atom stereocenters. The average Bonchev–Trinajstić information content (AvgIpc) is 2.81. The van der Waals surface area contributed by atoms with Gasteiger partial charge in [-0.2, -0.15) is 0 Å². The van der Waals surface area contributed by atoms with Gasteiger partial charge in [0.25, 0.3) is 0 Å². The molecule has 1 saturated carbocycles. The molecule has 19 heavy (non-hydrogen) atoms. The van der Waals surface area contributed by atoms with Gasteiger partial charge in [-0.05, 0) is 31.6 Å². The predicted octanol–water partition coefficient (Wildman–Crippen LogP) is 3.18. The molecule has 0 saturated heterocycles. The van der Waals surface area contributed by atoms with Crippen LogP contribution < -0.4 is 5.32 Å². The van der Waals surface area contributed by atoms with Crippen LogP contribution in [0.1, 0.15) is 42.8 Å². The molecule has 1 aliphatic rings. The maximum absolute atomic E-state index is 5.11. The first-order chi connectivity index (χ1) is 9.24. The van der Waals surface area contributed by atoms with Gasteiger partial charge in [-0.1, -0.05) is 19.3 Å². The van der Waals surface area contributed by atoms with Gasteiger partial charge in [-0.3, -0.25) is 0 Å². The molecule has 0 bridgehead atoms. The molecular weight excluding hydrogens is 256 g/mol. The van der Waals surface area contributed by atoms with Gasteiger partial charge < -0.3 is 10.1 Å². The average molecular weight is 282 g/mol. The van der Waals surface area contributed by atoms with Crippen molar-refractivity contribution in [1.82, 2.24) is 10.3 Å². The number of thiazole rings is 1. The van der Waals surface area contributed by atoms with Gasteiger partial charge in [0.2, 0.25) is 0 Å². The van der Waals surface area contributed by atoms with Crippen molar-refractivity contribution < 1.29 is 4.74 Å². The Morgan fingerprint density at radius 1 is 1.37 bits per heavy atom. The number of hydrogen-bond acceptors (Lipinski definition) is 4. The zero-order valence-corrected chi connectivity index (χ0v) is 13.0. The third-order valence-corrected chi connectivity index (χ3v) is 4.94. The van der Waals surface area contributed by atoms with E-state index in [4.69, 9.17) is 4.74 Å². The Bertz CT molecular complexity index is 372. The fourth-order valence-corrected chi connectivity index (χ4v) is 3.73. The van der Waals surface area contributed by atoms with Crippen molar-refractivity contribution in [1.29, 1.82) is 0 Å². The summed E-state index contributed by atoms with van der Waals surface area (Å²) in [6, 6.07) is 0. The van der Waals surface area contributed by atoms with Crippen LogP contribution in [0.15, 0.2) is 5.38 Å². The smallest absolute Gasteiger partial charge is 0.0897 e. The summed E-state index contributed by atoms with van der Waals surface area (Å²) in [6.07, 6.45) is 7.95. The van der Waals surface area contributed by atoms with Crippen LogP contribution in [0.3, 0.4) is 0 Å². The van der Waals surface area contributed by atoms with Gasteiger partial charge in [0, 0.05) is 25.6 Å². The fraction of sp³-hybridized carbons (Fsp3) is 0.800. The van der Waals surface area contributed by atoms with E-state index in [-0.39, 0.29) is 0 Å². The van der Waals surface area contributed by atoms with Gasteiger partial charge in [0.15, 0.2) is 0 Å². The third kappa shape index (κ3) is 4.55. The van der Waals surface area contributed by atoms with Crippen LogP contribution in [-0.4, -0.2) is 31.8 Å². The minimum Gasteiger partial charge on any atom is -0.383 e. The Hall–Kier alpha value is -0.450. The van der Waals surface area contributed by atoms with E-state index in [1.807, 2.05) is 0 Å². The maximum Gasteiger partial charge on any atom is 0.0897 e. The number of aromatic nitrogens is 1. The summed E-state index contributed by atoms with van der Waals surface area (Å²) in [7, 11) is 1.76. The molecule has 1 aromatic rings. The maximum atomic E-state index is 5.11. The van der Waals surface area contributed by atoms with E-state index in [0.717, 1.165) is 26.1 Å². The van der Waals surface area contributed by atoms with Crippen LogP contribution in [0, 0.1) is 12.3 Å². The van der Waals surface area contributed by atoms with E-state index in [0.29, 0.717) is 5.41 Å². The van der Waals surface area contributed by atoms with Crippen LogP contribution in [0.2, 0.25) is 0 Å². The zero-order chi connectivity index (χ0) is 13.6. The molecule has 108 valence electrons. The highest BCUT2D eigenvalue weighted by Gasteiger charge is 2.32. The molecule has 1 heterocycles. The first-order valence-electron chi connectivity index (χ1n) is 7.35. The second-order valence-corrected chi connectivity index (χ2v) is 6.83. The largest absolute Gasteiger partial charge is 0.383 e. The van der Waals surface area contributed by atoms with Crippen molar-refractivity contribution in [3.05, 3.63) is 16.1 Å². The lowest BCUT2D eigenvalue weighted by Crippen LogP contribution is -2.39. The number of nitrogens with zero attached hydrogens (tertiary/aromatic N) is 1. The standard InChI is InChI=1S/C15H26N2OS/c1-13-17-14(11-19-13)10-15(6-4-3-5-7-15)12-16-8-9-18-2/h11,16H,3-10,12H2,1-2H3. The SMILES string of the molecule is COCCNCC1(Cc2csc(C)n2)CCCCC1. The lowest BCUT2D eigenvalue weighted by atomic mass is 9.71. The molecule has 2 rings (SSSR count). The van der Waals surface area contributed by atoms with Crippen molar-refractivity contribution in [2.45, 2.75) is 45.4 Å². The van der Waals surface area contributed by atoms with E-state index in [2.05, 4.69) is 22.6 Å². The summed E-state index contributed by atoms with van der Waals surface area (Å²) in [5.74, 6) is 0. The molecule has 1 aliphatic carbocycles. The second-order valence-electron chi connectivity index (χ2n) is 5.76. The molecule has 4 heteroatoms. The zero-order valence-electron chi connectivity index (χ0n) is 12.2. The van der Waals surface area contributed by atoms with Gasteiger partial charge >= 0.3 is 0 Å². The molecule has 1 aromatic heterocycles. The Kier molecular flexibility index (Phi) is 5.79. The number of rotatable bonds is 7. The van der Waals surface area contributed by atoms with Gasteiger partial charge in [0.05, 0.1) is 17.3 Å². The number of nitrogens with one attached hydrogen (secondary N) is 1. The van der Waals surface area contributed by atoms with Gasteiger partial charge in [0.1, 0.15) is 0 Å². The molecule has 1 fully saturated rings. The number of ether oxygens (including phenoxy) is 1. The lowest BCUT2D eigenvalue weighted by molar-refractivity contribution is 0.161. The summed E-state index contributed by atoms with van der Waals surface area (Å²) < 4.78 is 5.11. The number of hydrogen-bond donors (Lipinski definition) is 1. The predicted molar refractivity (Wildman–Crippen MR) is 80.8 cm³/mol. The third-order valence-electron chi connectivity index (χ3n) is 4.12. The van der Waals surface area contributed by atoms with Gasteiger partial charge in [-0.15, -0.1) is 11.3 Å². The molecule has 0 amide bonds. The lowest BCUT2D eigenvalue weighted by Gasteiger charge is -2.37. The van der Waals surface area contributed by atoms with Crippen molar-refractivity contribution >= 4 is 11.3 Å². The summed E-state index contributed by atoms with van der Waals surface area (Å²) in [6.45, 7) is 4.95. The fourth-order valence-electron chi connectivity index (χ4n) is 3.12. The minimum atomic E-state index is 0.423. The molecular formula is C15H26N2OS. The Balaban J connectivity index is 1.93. The van der Waals surface area contributed by atoms with E-state index in [1.54, 1.807) is 18.4 Å². The van der Waals surface area contributed by atoms with E-state index < -0.39 is 0 Å². The van der Waals surface area contributed by atoms with Crippen LogP contribution in [0.25, 0.3) is 0 Å². The molecule has 1 N–H and O–H groups in total. The number of aryl methyl sites for hydroxylation is 1. The Labute approximate surface area is 120 Å². The highest BCUT2D eigenvalue weighted by atomic mass is 32.1. The van der Waals surface area contributed by atoms with Crippen molar-refractivity contribution in [3.8, 4) is 0 Å². The summed E-state index contributed by atoms with van der Waals surface area (Å²) in [5, 5.41) is 7.00. The van der Waals surface area contributed by atoms with E-state index in [1.165, 1.54) is 42.8 Å². The van der Waals surface area contributed by atoms with Gasteiger partial charge in [-0.25, -0.2) is 4.98 Å². The highest BCUT2D eigenvalue weighted by Crippen LogP contribution is 2.38. The van der Waals surface area contributed by atoms with Crippen molar-refractivity contribution in [2.75, 3.05) is 26.8 Å². The topological polar surface area (TPSA) is 34.1 Å². The molecule has 0 aromatic carbocycles. The molecule has 0 radical (unpaired) electrons. The van der Waals surface area contributed by atoms with E-state index in [9.17, 15) is 0 Å². The summed E-state index contributed by atoms with van der Waals surface area (Å²) in [4.78, 5) is 4.66. The van der Waals surface area contributed by atoms with Crippen LogP contribution >= 0.6 is 11.3 Å². The quantitative estimate of drug-likeness (QED) is 0.780. The van der Waals surface area contributed by atoms with Crippen molar-refractivity contribution in [2.24, 2.45) is 5.41 Å².